The van der Waals surface area contributed by atoms with Gasteiger partial charge in [0.15, 0.2) is 11.6 Å². The molecule has 0 aliphatic carbocycles. The number of nitrogens with two attached hydrogens (primary N) is 1. The molecular formula is C21H29ClN4O3+2. The fraction of sp³-hybridized carbons (Fsp3) is 0.571. The van der Waals surface area contributed by atoms with Gasteiger partial charge in [-0.25, -0.2) is 4.90 Å². The second-order valence-electron chi connectivity index (χ2n) is 8.57. The Balaban J connectivity index is 1.47. The molecule has 4 rings (SSSR count). The molecule has 7 nitrogen and oxygen atoms in total. The van der Waals surface area contributed by atoms with Crippen molar-refractivity contribution in [1.29, 1.82) is 0 Å². The maximum atomic E-state index is 13.1. The van der Waals surface area contributed by atoms with Crippen molar-refractivity contribution in [3.8, 4) is 0 Å². The van der Waals surface area contributed by atoms with Gasteiger partial charge in [0.05, 0.1) is 51.1 Å². The summed E-state index contributed by atoms with van der Waals surface area (Å²) >= 11 is 6.04. The maximum absolute atomic E-state index is 13.1. The number of imide groups is 1. The number of rotatable bonds is 4. The van der Waals surface area contributed by atoms with Crippen LogP contribution < -0.4 is 20.4 Å². The molecule has 0 spiro atoms. The van der Waals surface area contributed by atoms with Gasteiger partial charge in [0, 0.05) is 5.02 Å². The summed E-state index contributed by atoms with van der Waals surface area (Å²) < 4.78 is 0. The molecule has 4 N–H and O–H groups in total. The first-order chi connectivity index (χ1) is 13.9. The standard InChI is InChI=1S/C21H27ClN4O3/c22-15-5-4-6-16(13-15)26-18(27)14-17(19(26)28)24-11-7-21(8-12-24,20(23)29)25-9-2-1-3-10-25/h4-6,13,17H,1-3,7-12,14H2,(H2,23,29)/p+2/t17-/m1/s1. The van der Waals surface area contributed by atoms with Crippen LogP contribution in [0.15, 0.2) is 24.3 Å². The number of primary amides is 1. The van der Waals surface area contributed by atoms with Gasteiger partial charge in [0.25, 0.3) is 11.8 Å². The first-order valence-corrected chi connectivity index (χ1v) is 10.9. The Kier molecular flexibility index (Phi) is 5.64. The number of halogens is 1. The summed E-state index contributed by atoms with van der Waals surface area (Å²) in [7, 11) is 0. The van der Waals surface area contributed by atoms with Crippen LogP contribution in [-0.2, 0) is 14.4 Å². The van der Waals surface area contributed by atoms with Crippen molar-refractivity contribution in [2.24, 2.45) is 5.73 Å². The molecule has 3 amide bonds. The van der Waals surface area contributed by atoms with Crippen molar-refractivity contribution in [2.75, 3.05) is 31.1 Å². The van der Waals surface area contributed by atoms with Crippen LogP contribution in [0.25, 0.3) is 0 Å². The zero-order valence-corrected chi connectivity index (χ0v) is 17.3. The number of nitrogens with zero attached hydrogens (tertiary/aromatic N) is 1. The van der Waals surface area contributed by atoms with Gasteiger partial charge in [0.1, 0.15) is 0 Å². The highest BCUT2D eigenvalue weighted by Crippen LogP contribution is 2.25. The van der Waals surface area contributed by atoms with E-state index in [1.807, 2.05) is 0 Å². The number of nitrogens with one attached hydrogen (secondary N) is 2. The number of carbonyl (C=O) groups excluding carboxylic acids is 3. The van der Waals surface area contributed by atoms with E-state index in [9.17, 15) is 14.4 Å². The lowest BCUT2D eigenvalue weighted by Crippen LogP contribution is -3.27. The number of anilines is 1. The lowest BCUT2D eigenvalue weighted by atomic mass is 9.83. The second-order valence-corrected chi connectivity index (χ2v) is 9.01. The van der Waals surface area contributed by atoms with Gasteiger partial charge in [-0.2, -0.15) is 0 Å². The third-order valence-corrected chi connectivity index (χ3v) is 7.29. The molecule has 0 unspecified atom stereocenters. The summed E-state index contributed by atoms with van der Waals surface area (Å²) in [5.41, 5.74) is 5.88. The van der Waals surface area contributed by atoms with E-state index in [0.29, 0.717) is 36.6 Å². The monoisotopic (exact) mass is 420 g/mol. The van der Waals surface area contributed by atoms with E-state index >= 15 is 0 Å². The van der Waals surface area contributed by atoms with E-state index in [1.165, 1.54) is 16.2 Å². The van der Waals surface area contributed by atoms with Crippen molar-refractivity contribution in [1.82, 2.24) is 0 Å². The number of benzene rings is 1. The molecule has 3 aliphatic heterocycles. The molecule has 0 aromatic heterocycles. The SMILES string of the molecule is NC(=O)C1([NH+]2CCCCC2)CC[NH+]([C@@H]2CC(=O)N(c3cccc(Cl)c3)C2=O)CC1. The molecule has 0 radical (unpaired) electrons. The fourth-order valence-electron chi connectivity index (χ4n) is 5.42. The summed E-state index contributed by atoms with van der Waals surface area (Å²) in [6.07, 6.45) is 5.01. The largest absolute Gasteiger partial charge is 0.364 e. The van der Waals surface area contributed by atoms with E-state index in [0.717, 1.165) is 30.8 Å². The van der Waals surface area contributed by atoms with Gasteiger partial charge >= 0.3 is 0 Å². The molecule has 0 bridgehead atoms. The number of amides is 3. The Labute approximate surface area is 175 Å². The molecular weight excluding hydrogens is 392 g/mol. The lowest BCUT2D eigenvalue weighted by molar-refractivity contribution is -0.978. The highest BCUT2D eigenvalue weighted by Gasteiger charge is 2.54. The Bertz CT molecular complexity index is 816. The molecule has 1 aromatic rings. The van der Waals surface area contributed by atoms with E-state index < -0.39 is 11.6 Å². The van der Waals surface area contributed by atoms with Crippen LogP contribution in [0.5, 0.6) is 0 Å². The zero-order chi connectivity index (χ0) is 20.6. The predicted octanol–water partition coefficient (Wildman–Crippen LogP) is -1.06. The Morgan fingerprint density at radius 1 is 1.10 bits per heavy atom. The normalized spacial score (nSPS) is 31.3. The maximum Gasteiger partial charge on any atom is 0.292 e. The molecule has 0 saturated carbocycles. The molecule has 29 heavy (non-hydrogen) atoms. The molecule has 3 fully saturated rings. The summed E-state index contributed by atoms with van der Waals surface area (Å²) in [5, 5.41) is 0.493. The number of hydrogen-bond acceptors (Lipinski definition) is 3. The number of piperidine rings is 2. The zero-order valence-electron chi connectivity index (χ0n) is 16.6. The summed E-state index contributed by atoms with van der Waals surface area (Å²) in [6, 6.07) is 6.43. The molecule has 156 valence electrons. The molecule has 3 saturated heterocycles. The number of hydrogen-bond donors (Lipinski definition) is 3. The van der Waals surface area contributed by atoms with Gasteiger partial charge in [-0.15, -0.1) is 0 Å². The molecule has 1 aromatic carbocycles. The minimum absolute atomic E-state index is 0.177. The van der Waals surface area contributed by atoms with E-state index in [1.54, 1.807) is 24.3 Å². The second kappa shape index (κ2) is 8.05. The first kappa shape index (κ1) is 20.3. The van der Waals surface area contributed by atoms with Gasteiger partial charge in [-0.1, -0.05) is 17.7 Å². The highest BCUT2D eigenvalue weighted by molar-refractivity contribution is 6.31. The minimum Gasteiger partial charge on any atom is -0.364 e. The summed E-state index contributed by atoms with van der Waals surface area (Å²) in [4.78, 5) is 41.8. The average Bonchev–Trinajstić information content (AvgIpc) is 3.02. The number of carbonyl (C=O) groups is 3. The van der Waals surface area contributed by atoms with Crippen molar-refractivity contribution in [3.63, 3.8) is 0 Å². The van der Waals surface area contributed by atoms with E-state index in [4.69, 9.17) is 17.3 Å². The van der Waals surface area contributed by atoms with Crippen LogP contribution >= 0.6 is 11.6 Å². The number of quaternary nitrogens is 2. The van der Waals surface area contributed by atoms with Crippen LogP contribution in [0, 0.1) is 0 Å². The molecule has 3 heterocycles. The third-order valence-electron chi connectivity index (χ3n) is 7.06. The number of likely N-dealkylation sites (tertiary alicyclic amines) is 2. The van der Waals surface area contributed by atoms with Crippen LogP contribution in [0.3, 0.4) is 0 Å². The van der Waals surface area contributed by atoms with Crippen molar-refractivity contribution in [3.05, 3.63) is 29.3 Å². The van der Waals surface area contributed by atoms with E-state index in [-0.39, 0.29) is 24.1 Å². The Hall–Kier alpha value is -1.96. The summed E-state index contributed by atoms with van der Waals surface area (Å²) in [5.74, 6) is -0.588. The van der Waals surface area contributed by atoms with Gasteiger partial charge < -0.3 is 15.5 Å². The smallest absolute Gasteiger partial charge is 0.292 e. The minimum atomic E-state index is -0.526. The van der Waals surface area contributed by atoms with Crippen molar-refractivity contribution in [2.45, 2.75) is 50.1 Å². The lowest BCUT2D eigenvalue weighted by Gasteiger charge is -2.44. The van der Waals surface area contributed by atoms with Gasteiger partial charge in [-0.3, -0.25) is 14.4 Å². The Morgan fingerprint density at radius 2 is 1.79 bits per heavy atom. The fourth-order valence-corrected chi connectivity index (χ4v) is 5.60. The molecule has 3 aliphatic rings. The highest BCUT2D eigenvalue weighted by atomic mass is 35.5. The molecule has 8 heteroatoms. The topological polar surface area (TPSA) is 89.3 Å². The van der Waals surface area contributed by atoms with Crippen LogP contribution in [0.1, 0.15) is 38.5 Å². The van der Waals surface area contributed by atoms with Crippen LogP contribution in [-0.4, -0.2) is 55.5 Å². The first-order valence-electron chi connectivity index (χ1n) is 10.5. The summed E-state index contributed by atoms with van der Waals surface area (Å²) in [6.45, 7) is 3.34. The molecule has 1 atom stereocenters. The van der Waals surface area contributed by atoms with Crippen molar-refractivity contribution >= 4 is 35.0 Å². The van der Waals surface area contributed by atoms with Gasteiger partial charge in [0.2, 0.25) is 5.91 Å². The average molecular weight is 421 g/mol. The van der Waals surface area contributed by atoms with Crippen LogP contribution in [0.4, 0.5) is 5.69 Å². The van der Waals surface area contributed by atoms with E-state index in [2.05, 4.69) is 0 Å². The Morgan fingerprint density at radius 3 is 2.41 bits per heavy atom. The predicted molar refractivity (Wildman–Crippen MR) is 109 cm³/mol. The van der Waals surface area contributed by atoms with Gasteiger partial charge in [-0.05, 0) is 37.5 Å². The quantitative estimate of drug-likeness (QED) is 0.543. The van der Waals surface area contributed by atoms with Crippen LogP contribution in [0.2, 0.25) is 5.02 Å². The third kappa shape index (κ3) is 3.67. The van der Waals surface area contributed by atoms with Crippen molar-refractivity contribution < 1.29 is 24.2 Å².